The Morgan fingerprint density at radius 1 is 1.04 bits per heavy atom. The molecule has 0 aliphatic heterocycles. The van der Waals surface area contributed by atoms with Crippen molar-refractivity contribution in [3.63, 3.8) is 0 Å². The van der Waals surface area contributed by atoms with Crippen LogP contribution in [0.4, 0.5) is 0 Å². The summed E-state index contributed by atoms with van der Waals surface area (Å²) in [5.74, 6) is 1.30. The molecule has 0 aromatic heterocycles. The Morgan fingerprint density at radius 3 is 2.28 bits per heavy atom. The number of methoxy groups -OCH3 is 2. The fraction of sp³-hybridized carbons (Fsp3) is 0.350. The number of rotatable bonds is 6. The van der Waals surface area contributed by atoms with Gasteiger partial charge in [0.1, 0.15) is 0 Å². The van der Waals surface area contributed by atoms with E-state index >= 15 is 0 Å². The summed E-state index contributed by atoms with van der Waals surface area (Å²) in [5.41, 5.74) is 4.46. The predicted molar refractivity (Wildman–Crippen MR) is 103 cm³/mol. The van der Waals surface area contributed by atoms with Gasteiger partial charge in [-0.3, -0.25) is 4.79 Å². The third kappa shape index (κ3) is 4.75. The van der Waals surface area contributed by atoms with Crippen LogP contribution in [-0.4, -0.2) is 32.1 Å². The molecule has 5 heteroatoms. The van der Waals surface area contributed by atoms with Crippen LogP contribution in [0, 0.1) is 13.8 Å². The zero-order valence-electron chi connectivity index (χ0n) is 15.4. The van der Waals surface area contributed by atoms with Crippen molar-refractivity contribution < 1.29 is 14.3 Å². The first-order chi connectivity index (χ1) is 11.8. The van der Waals surface area contributed by atoms with Crippen LogP contribution >= 0.6 is 15.9 Å². The second-order valence-electron chi connectivity index (χ2n) is 6.16. The number of carbonyl (C=O) groups excluding carboxylic acids is 1. The molecule has 2 rings (SSSR count). The molecule has 25 heavy (non-hydrogen) atoms. The van der Waals surface area contributed by atoms with Crippen molar-refractivity contribution in [3.8, 4) is 11.5 Å². The van der Waals surface area contributed by atoms with E-state index in [1.807, 2.05) is 19.2 Å². The molecule has 0 fully saturated rings. The molecule has 1 amide bonds. The molecular formula is C20H24BrNO3. The van der Waals surface area contributed by atoms with E-state index in [1.54, 1.807) is 19.1 Å². The zero-order chi connectivity index (χ0) is 18.6. The fourth-order valence-corrected chi connectivity index (χ4v) is 3.16. The quantitative estimate of drug-likeness (QED) is 0.719. The first-order valence-electron chi connectivity index (χ1n) is 8.06. The van der Waals surface area contributed by atoms with E-state index in [0.717, 1.165) is 15.6 Å². The lowest BCUT2D eigenvalue weighted by Gasteiger charge is -2.20. The average molecular weight is 406 g/mol. The molecule has 0 unspecified atom stereocenters. The van der Waals surface area contributed by atoms with Gasteiger partial charge < -0.3 is 14.4 Å². The monoisotopic (exact) mass is 405 g/mol. The van der Waals surface area contributed by atoms with Crippen molar-refractivity contribution in [1.82, 2.24) is 4.90 Å². The molecule has 0 bridgehead atoms. The van der Waals surface area contributed by atoms with Crippen LogP contribution in [0.3, 0.4) is 0 Å². The Morgan fingerprint density at radius 2 is 1.68 bits per heavy atom. The van der Waals surface area contributed by atoms with E-state index in [0.29, 0.717) is 24.5 Å². The second kappa shape index (κ2) is 8.39. The van der Waals surface area contributed by atoms with Gasteiger partial charge in [0.25, 0.3) is 0 Å². The number of nitrogens with zero attached hydrogens (tertiary/aromatic N) is 1. The molecule has 134 valence electrons. The van der Waals surface area contributed by atoms with Crippen LogP contribution in [0.2, 0.25) is 0 Å². The molecule has 2 aromatic rings. The Labute approximate surface area is 157 Å². The highest BCUT2D eigenvalue weighted by atomic mass is 79.9. The summed E-state index contributed by atoms with van der Waals surface area (Å²) in [7, 11) is 5.01. The second-order valence-corrected chi connectivity index (χ2v) is 7.01. The van der Waals surface area contributed by atoms with Crippen molar-refractivity contribution in [3.05, 3.63) is 57.1 Å². The van der Waals surface area contributed by atoms with Crippen molar-refractivity contribution in [2.75, 3.05) is 21.3 Å². The van der Waals surface area contributed by atoms with Gasteiger partial charge in [0.2, 0.25) is 5.91 Å². The summed E-state index contributed by atoms with van der Waals surface area (Å²) < 4.78 is 11.4. The molecule has 4 nitrogen and oxygen atoms in total. The Hall–Kier alpha value is -2.01. The van der Waals surface area contributed by atoms with Gasteiger partial charge in [0.05, 0.1) is 20.6 Å². The maximum absolute atomic E-state index is 12.6. The number of aryl methyl sites for hydroxylation is 2. The van der Waals surface area contributed by atoms with Gasteiger partial charge in [-0.05, 0) is 42.7 Å². The molecule has 0 spiro atoms. The van der Waals surface area contributed by atoms with Crippen LogP contribution in [0.5, 0.6) is 11.5 Å². The largest absolute Gasteiger partial charge is 0.493 e. The minimum absolute atomic E-state index is 0.0490. The van der Waals surface area contributed by atoms with Gasteiger partial charge in [0, 0.05) is 18.1 Å². The van der Waals surface area contributed by atoms with Gasteiger partial charge in [0.15, 0.2) is 11.5 Å². The maximum Gasteiger partial charge on any atom is 0.227 e. The van der Waals surface area contributed by atoms with Gasteiger partial charge in [-0.15, -0.1) is 0 Å². The van der Waals surface area contributed by atoms with Gasteiger partial charge in [-0.1, -0.05) is 39.7 Å². The van der Waals surface area contributed by atoms with Crippen LogP contribution in [0.1, 0.15) is 22.3 Å². The lowest BCUT2D eigenvalue weighted by Crippen LogP contribution is -2.28. The average Bonchev–Trinajstić information content (AvgIpc) is 2.58. The maximum atomic E-state index is 12.6. The highest BCUT2D eigenvalue weighted by Crippen LogP contribution is 2.33. The van der Waals surface area contributed by atoms with Crippen molar-refractivity contribution in [2.45, 2.75) is 26.8 Å². The molecule has 0 aliphatic rings. The molecule has 0 atom stereocenters. The van der Waals surface area contributed by atoms with E-state index in [4.69, 9.17) is 9.47 Å². The number of likely N-dealkylation sites (N-methyl/N-ethyl adjacent to an activating group) is 1. The number of carbonyl (C=O) groups is 1. The smallest absolute Gasteiger partial charge is 0.227 e. The van der Waals surface area contributed by atoms with Crippen molar-refractivity contribution in [1.29, 1.82) is 0 Å². The Bertz CT molecular complexity index is 774. The predicted octanol–water partition coefficient (Wildman–Crippen LogP) is 4.28. The third-order valence-corrected chi connectivity index (χ3v) is 4.96. The van der Waals surface area contributed by atoms with Gasteiger partial charge >= 0.3 is 0 Å². The summed E-state index contributed by atoms with van der Waals surface area (Å²) >= 11 is 3.51. The molecule has 0 aliphatic carbocycles. The highest BCUT2D eigenvalue weighted by molar-refractivity contribution is 9.10. The topological polar surface area (TPSA) is 38.8 Å². The summed E-state index contributed by atoms with van der Waals surface area (Å²) in [5, 5.41) is 0. The molecule has 0 saturated carbocycles. The molecule has 2 aromatic carbocycles. The van der Waals surface area contributed by atoms with E-state index in [9.17, 15) is 4.79 Å². The lowest BCUT2D eigenvalue weighted by atomic mass is 10.0. The number of hydrogen-bond donors (Lipinski definition) is 0. The minimum Gasteiger partial charge on any atom is -0.493 e. The summed E-state index contributed by atoms with van der Waals surface area (Å²) in [4.78, 5) is 14.4. The molecule has 0 N–H and O–H groups in total. The van der Waals surface area contributed by atoms with E-state index in [2.05, 4.69) is 48.0 Å². The Kier molecular flexibility index (Phi) is 6.48. The highest BCUT2D eigenvalue weighted by Gasteiger charge is 2.16. The van der Waals surface area contributed by atoms with Crippen LogP contribution < -0.4 is 9.47 Å². The fourth-order valence-electron chi connectivity index (χ4n) is 2.70. The zero-order valence-corrected chi connectivity index (χ0v) is 16.9. The first-order valence-corrected chi connectivity index (χ1v) is 8.85. The number of ether oxygens (including phenoxy) is 2. The third-order valence-electron chi connectivity index (χ3n) is 4.23. The van der Waals surface area contributed by atoms with E-state index in [1.165, 1.54) is 11.1 Å². The van der Waals surface area contributed by atoms with E-state index < -0.39 is 0 Å². The SMILES string of the molecule is COc1cc(Br)c(CC(=O)N(C)Cc2ccc(C)cc2C)cc1OC. The molecule has 0 radical (unpaired) electrons. The number of benzene rings is 2. The van der Waals surface area contributed by atoms with Crippen LogP contribution in [0.15, 0.2) is 34.8 Å². The Balaban J connectivity index is 2.13. The standard InChI is InChI=1S/C20H24BrNO3/c1-13-6-7-15(14(2)8-13)12-22(3)20(23)10-16-9-18(24-4)19(25-5)11-17(16)21/h6-9,11H,10,12H2,1-5H3. The number of amides is 1. The van der Waals surface area contributed by atoms with E-state index in [-0.39, 0.29) is 5.91 Å². The van der Waals surface area contributed by atoms with Crippen LogP contribution in [0.25, 0.3) is 0 Å². The minimum atomic E-state index is 0.0490. The molecular weight excluding hydrogens is 382 g/mol. The normalized spacial score (nSPS) is 10.5. The lowest BCUT2D eigenvalue weighted by molar-refractivity contribution is -0.129. The summed E-state index contributed by atoms with van der Waals surface area (Å²) in [6.07, 6.45) is 0.294. The van der Waals surface area contributed by atoms with Crippen molar-refractivity contribution >= 4 is 21.8 Å². The summed E-state index contributed by atoms with van der Waals surface area (Å²) in [6.45, 7) is 4.74. The van der Waals surface area contributed by atoms with Crippen LogP contribution in [-0.2, 0) is 17.8 Å². The van der Waals surface area contributed by atoms with Gasteiger partial charge in [-0.2, -0.15) is 0 Å². The van der Waals surface area contributed by atoms with Gasteiger partial charge in [-0.25, -0.2) is 0 Å². The number of halogens is 1. The summed E-state index contributed by atoms with van der Waals surface area (Å²) in [6, 6.07) is 9.96. The first kappa shape index (κ1) is 19.3. The number of hydrogen-bond acceptors (Lipinski definition) is 3. The van der Waals surface area contributed by atoms with Crippen molar-refractivity contribution in [2.24, 2.45) is 0 Å². The molecule has 0 saturated heterocycles. The molecule has 0 heterocycles.